The number of carbonyl (C=O) groups excluding carboxylic acids is 1. The molecule has 0 bridgehead atoms. The van der Waals surface area contributed by atoms with Crippen LogP contribution in [0.2, 0.25) is 0 Å². The molecule has 0 spiro atoms. The summed E-state index contributed by atoms with van der Waals surface area (Å²) in [6, 6.07) is 16.9. The highest BCUT2D eigenvalue weighted by molar-refractivity contribution is 5.91. The van der Waals surface area contributed by atoms with Crippen molar-refractivity contribution in [2.45, 2.75) is 13.3 Å². The van der Waals surface area contributed by atoms with E-state index in [0.29, 0.717) is 23.1 Å². The van der Waals surface area contributed by atoms with Crippen LogP contribution in [0.25, 0.3) is 17.1 Å². The van der Waals surface area contributed by atoms with Crippen LogP contribution in [-0.2, 0) is 11.2 Å². The highest BCUT2D eigenvalue weighted by Crippen LogP contribution is 2.31. The van der Waals surface area contributed by atoms with Gasteiger partial charge in [-0.25, -0.2) is 9.97 Å². The number of pyridine rings is 2. The standard InChI is InChI=1S/C23H21N5O2/c1-16-10-11-18(14-25-16)28-15-17(13-22(29)27-21-9-5-6-12-24-21)26-23(28)19-7-3-4-8-20(19)30-2/h3-12,14-15H,13H2,1-2H3,(H,24,27,29). The lowest BCUT2D eigenvalue weighted by Gasteiger charge is -2.11. The zero-order valence-corrected chi connectivity index (χ0v) is 16.7. The van der Waals surface area contributed by atoms with E-state index < -0.39 is 0 Å². The molecular formula is C23H21N5O2. The van der Waals surface area contributed by atoms with Crippen molar-refractivity contribution in [3.8, 4) is 22.8 Å². The summed E-state index contributed by atoms with van der Waals surface area (Å²) in [6.45, 7) is 1.94. The maximum absolute atomic E-state index is 12.5. The predicted molar refractivity (Wildman–Crippen MR) is 115 cm³/mol. The first-order chi connectivity index (χ1) is 14.6. The zero-order chi connectivity index (χ0) is 20.9. The number of para-hydroxylation sites is 1. The molecule has 0 atom stereocenters. The number of aromatic nitrogens is 4. The molecule has 30 heavy (non-hydrogen) atoms. The van der Waals surface area contributed by atoms with Crippen LogP contribution in [0, 0.1) is 6.92 Å². The Balaban J connectivity index is 1.70. The van der Waals surface area contributed by atoms with Crippen LogP contribution in [0.1, 0.15) is 11.4 Å². The Labute approximate surface area is 174 Å². The molecule has 4 rings (SSSR count). The lowest BCUT2D eigenvalue weighted by molar-refractivity contribution is -0.115. The first-order valence-electron chi connectivity index (χ1n) is 9.49. The molecule has 0 saturated carbocycles. The van der Waals surface area contributed by atoms with E-state index in [2.05, 4.69) is 15.3 Å². The Hall–Kier alpha value is -4.00. The van der Waals surface area contributed by atoms with Gasteiger partial charge in [0.05, 0.1) is 36.7 Å². The number of hydrogen-bond acceptors (Lipinski definition) is 5. The smallest absolute Gasteiger partial charge is 0.231 e. The molecule has 0 aliphatic rings. The van der Waals surface area contributed by atoms with E-state index in [0.717, 1.165) is 16.9 Å². The number of methoxy groups -OCH3 is 1. The number of aryl methyl sites for hydroxylation is 1. The Morgan fingerprint density at radius 3 is 2.63 bits per heavy atom. The third-order valence-corrected chi connectivity index (χ3v) is 4.55. The van der Waals surface area contributed by atoms with Crippen molar-refractivity contribution < 1.29 is 9.53 Å². The number of hydrogen-bond donors (Lipinski definition) is 1. The van der Waals surface area contributed by atoms with Gasteiger partial charge >= 0.3 is 0 Å². The van der Waals surface area contributed by atoms with Gasteiger partial charge in [0.2, 0.25) is 5.91 Å². The summed E-state index contributed by atoms with van der Waals surface area (Å²) in [5.74, 6) is 1.70. The third kappa shape index (κ3) is 4.20. The van der Waals surface area contributed by atoms with Gasteiger partial charge in [-0.1, -0.05) is 18.2 Å². The van der Waals surface area contributed by atoms with Gasteiger partial charge in [-0.3, -0.25) is 14.3 Å². The minimum atomic E-state index is -0.188. The second-order valence-corrected chi connectivity index (χ2v) is 6.72. The van der Waals surface area contributed by atoms with E-state index >= 15 is 0 Å². The van der Waals surface area contributed by atoms with Crippen LogP contribution in [0.5, 0.6) is 5.75 Å². The molecule has 7 nitrogen and oxygen atoms in total. The highest BCUT2D eigenvalue weighted by atomic mass is 16.5. The van der Waals surface area contributed by atoms with Gasteiger partial charge in [0.15, 0.2) is 0 Å². The number of ether oxygens (including phenoxy) is 1. The quantitative estimate of drug-likeness (QED) is 0.533. The Morgan fingerprint density at radius 1 is 1.07 bits per heavy atom. The number of anilines is 1. The number of carbonyl (C=O) groups is 1. The van der Waals surface area contributed by atoms with Crippen molar-refractivity contribution in [2.75, 3.05) is 12.4 Å². The van der Waals surface area contributed by atoms with E-state index in [1.165, 1.54) is 0 Å². The Bertz CT molecular complexity index is 1150. The van der Waals surface area contributed by atoms with Gasteiger partial charge in [-0.2, -0.15) is 0 Å². The summed E-state index contributed by atoms with van der Waals surface area (Å²) < 4.78 is 7.45. The summed E-state index contributed by atoms with van der Waals surface area (Å²) in [5.41, 5.74) is 3.24. The van der Waals surface area contributed by atoms with Crippen molar-refractivity contribution in [1.82, 2.24) is 19.5 Å². The van der Waals surface area contributed by atoms with Gasteiger partial charge in [0.25, 0.3) is 0 Å². The molecule has 0 aliphatic carbocycles. The van der Waals surface area contributed by atoms with E-state index in [1.54, 1.807) is 31.6 Å². The number of rotatable bonds is 6. The Kier molecular flexibility index (Phi) is 5.52. The maximum Gasteiger partial charge on any atom is 0.231 e. The fourth-order valence-corrected chi connectivity index (χ4v) is 3.12. The zero-order valence-electron chi connectivity index (χ0n) is 16.7. The summed E-state index contributed by atoms with van der Waals surface area (Å²) in [4.78, 5) is 25.8. The van der Waals surface area contributed by atoms with E-state index in [4.69, 9.17) is 9.72 Å². The van der Waals surface area contributed by atoms with E-state index in [1.807, 2.05) is 60.2 Å². The predicted octanol–water partition coefficient (Wildman–Crippen LogP) is 3.83. The highest BCUT2D eigenvalue weighted by Gasteiger charge is 2.17. The van der Waals surface area contributed by atoms with Crippen molar-refractivity contribution in [2.24, 2.45) is 0 Å². The van der Waals surface area contributed by atoms with Crippen LogP contribution in [0.3, 0.4) is 0 Å². The minimum Gasteiger partial charge on any atom is -0.496 e. The topological polar surface area (TPSA) is 81.9 Å². The molecule has 0 aliphatic heterocycles. The van der Waals surface area contributed by atoms with Gasteiger partial charge in [-0.15, -0.1) is 0 Å². The number of nitrogens with one attached hydrogen (secondary N) is 1. The molecule has 4 aromatic rings. The molecule has 0 unspecified atom stereocenters. The van der Waals surface area contributed by atoms with Gasteiger partial charge in [0.1, 0.15) is 17.4 Å². The summed E-state index contributed by atoms with van der Waals surface area (Å²) in [5, 5.41) is 2.79. The van der Waals surface area contributed by atoms with Crippen LogP contribution >= 0.6 is 0 Å². The monoisotopic (exact) mass is 399 g/mol. The number of nitrogens with zero attached hydrogens (tertiary/aromatic N) is 4. The average Bonchev–Trinajstić information content (AvgIpc) is 3.18. The lowest BCUT2D eigenvalue weighted by atomic mass is 10.2. The molecule has 0 radical (unpaired) electrons. The molecule has 1 aromatic carbocycles. The summed E-state index contributed by atoms with van der Waals surface area (Å²) >= 11 is 0. The number of amides is 1. The van der Waals surface area contributed by atoms with Crippen molar-refractivity contribution in [3.05, 3.63) is 84.6 Å². The lowest BCUT2D eigenvalue weighted by Crippen LogP contribution is -2.15. The second-order valence-electron chi connectivity index (χ2n) is 6.72. The fourth-order valence-electron chi connectivity index (χ4n) is 3.12. The van der Waals surface area contributed by atoms with Crippen LogP contribution < -0.4 is 10.1 Å². The Morgan fingerprint density at radius 2 is 1.90 bits per heavy atom. The molecule has 0 saturated heterocycles. The normalized spacial score (nSPS) is 10.6. The van der Waals surface area contributed by atoms with Gasteiger partial charge in [-0.05, 0) is 43.3 Å². The largest absolute Gasteiger partial charge is 0.496 e. The number of imidazole rings is 1. The van der Waals surface area contributed by atoms with Crippen LogP contribution in [-0.4, -0.2) is 32.5 Å². The SMILES string of the molecule is COc1ccccc1-c1nc(CC(=O)Nc2ccccn2)cn1-c1ccc(C)nc1. The van der Waals surface area contributed by atoms with Crippen LogP contribution in [0.4, 0.5) is 5.82 Å². The van der Waals surface area contributed by atoms with Crippen molar-refractivity contribution in [1.29, 1.82) is 0 Å². The molecule has 7 heteroatoms. The van der Waals surface area contributed by atoms with E-state index in [9.17, 15) is 4.79 Å². The second kappa shape index (κ2) is 8.57. The van der Waals surface area contributed by atoms with Crippen molar-refractivity contribution >= 4 is 11.7 Å². The number of benzene rings is 1. The fraction of sp³-hybridized carbons (Fsp3) is 0.130. The molecule has 3 heterocycles. The first kappa shape index (κ1) is 19.3. The van der Waals surface area contributed by atoms with Crippen molar-refractivity contribution in [3.63, 3.8) is 0 Å². The first-order valence-corrected chi connectivity index (χ1v) is 9.49. The maximum atomic E-state index is 12.5. The van der Waals surface area contributed by atoms with Gasteiger partial charge in [0, 0.05) is 18.1 Å². The van der Waals surface area contributed by atoms with Gasteiger partial charge < -0.3 is 10.1 Å². The minimum absolute atomic E-state index is 0.116. The third-order valence-electron chi connectivity index (χ3n) is 4.55. The molecule has 1 amide bonds. The summed E-state index contributed by atoms with van der Waals surface area (Å²) in [6.07, 6.45) is 5.39. The average molecular weight is 399 g/mol. The molecular weight excluding hydrogens is 378 g/mol. The summed E-state index contributed by atoms with van der Waals surface area (Å²) in [7, 11) is 1.63. The van der Waals surface area contributed by atoms with Crippen LogP contribution in [0.15, 0.2) is 73.2 Å². The molecule has 150 valence electrons. The molecule has 3 aromatic heterocycles. The molecule has 1 N–H and O–H groups in total. The molecule has 0 fully saturated rings. The van der Waals surface area contributed by atoms with E-state index in [-0.39, 0.29) is 12.3 Å².